The average Bonchev–Trinajstić information content (AvgIpc) is 2.77. The van der Waals surface area contributed by atoms with E-state index in [0.717, 1.165) is 19.5 Å². The van der Waals surface area contributed by atoms with Crippen molar-refractivity contribution in [2.75, 3.05) is 32.1 Å². The molecule has 0 spiro atoms. The molecule has 0 N–H and O–H groups in total. The summed E-state index contributed by atoms with van der Waals surface area (Å²) in [5.74, 6) is 0. The molecular weight excluding hydrogens is 268 g/mol. The number of nitrogens with zero attached hydrogens (tertiary/aromatic N) is 2. The highest BCUT2D eigenvalue weighted by atomic mass is 15.2. The minimum Gasteiger partial charge on any atom is -0.364 e. The highest BCUT2D eigenvalue weighted by Crippen LogP contribution is 2.52. The molecule has 114 valence electrons. The number of benzene rings is 1. The van der Waals surface area contributed by atoms with Gasteiger partial charge in [0.1, 0.15) is 0 Å². The lowest BCUT2D eigenvalue weighted by molar-refractivity contribution is 0.274. The van der Waals surface area contributed by atoms with Crippen molar-refractivity contribution in [1.82, 2.24) is 4.90 Å². The lowest BCUT2D eigenvalue weighted by Crippen LogP contribution is -2.57. The summed E-state index contributed by atoms with van der Waals surface area (Å²) >= 11 is 0. The average molecular weight is 292 g/mol. The van der Waals surface area contributed by atoms with Crippen molar-refractivity contribution >= 4 is 11.8 Å². The smallest absolute Gasteiger partial charge is 0.0722 e. The van der Waals surface area contributed by atoms with Gasteiger partial charge < -0.3 is 9.80 Å². The second kappa shape index (κ2) is 4.85. The number of hydrogen-bond acceptors (Lipinski definition) is 2. The standard InChI is InChI=1S/C20H24N2/c1-21-15-13-19-10-5-6-11-20(19,14-16-21)22(2)18-8-4-3-7-17(18)9-12-19/h3-12H,13-16H2,1-2H3. The molecule has 22 heavy (non-hydrogen) atoms. The topological polar surface area (TPSA) is 6.48 Å². The van der Waals surface area contributed by atoms with Crippen LogP contribution in [0.3, 0.4) is 0 Å². The second-order valence-corrected chi connectivity index (χ2v) is 6.94. The summed E-state index contributed by atoms with van der Waals surface area (Å²) in [7, 11) is 4.52. The van der Waals surface area contributed by atoms with E-state index in [9.17, 15) is 0 Å². The summed E-state index contributed by atoms with van der Waals surface area (Å²) in [4.78, 5) is 5.00. The Labute approximate surface area is 133 Å². The van der Waals surface area contributed by atoms with Gasteiger partial charge in [0.2, 0.25) is 0 Å². The van der Waals surface area contributed by atoms with Crippen LogP contribution in [0.15, 0.2) is 54.6 Å². The molecule has 1 saturated heterocycles. The number of fused-ring (bicyclic) bond motifs is 1. The van der Waals surface area contributed by atoms with Crippen LogP contribution in [-0.4, -0.2) is 37.6 Å². The molecule has 0 saturated carbocycles. The Balaban J connectivity index is 1.95. The zero-order valence-electron chi connectivity index (χ0n) is 13.5. The molecule has 2 nitrogen and oxygen atoms in total. The van der Waals surface area contributed by atoms with Crippen LogP contribution in [0.4, 0.5) is 5.69 Å². The molecule has 1 aromatic carbocycles. The number of hydrogen-bond donors (Lipinski definition) is 0. The van der Waals surface area contributed by atoms with Crippen molar-refractivity contribution in [2.45, 2.75) is 18.4 Å². The zero-order valence-corrected chi connectivity index (χ0v) is 13.5. The molecule has 0 bridgehead atoms. The molecule has 2 heteroatoms. The lowest BCUT2D eigenvalue weighted by Gasteiger charge is -2.52. The van der Waals surface area contributed by atoms with Gasteiger partial charge in [0.05, 0.1) is 5.54 Å². The highest BCUT2D eigenvalue weighted by molar-refractivity contribution is 5.73. The summed E-state index contributed by atoms with van der Waals surface area (Å²) in [6.07, 6.45) is 16.5. The fraction of sp³-hybridized carbons (Fsp3) is 0.400. The lowest BCUT2D eigenvalue weighted by atomic mass is 9.63. The number of para-hydroxylation sites is 1. The molecule has 2 heterocycles. The number of anilines is 1. The highest BCUT2D eigenvalue weighted by Gasteiger charge is 2.52. The van der Waals surface area contributed by atoms with E-state index in [1.165, 1.54) is 17.7 Å². The molecule has 1 aliphatic carbocycles. The van der Waals surface area contributed by atoms with Crippen molar-refractivity contribution < 1.29 is 0 Å². The fourth-order valence-electron chi connectivity index (χ4n) is 4.47. The summed E-state index contributed by atoms with van der Waals surface area (Å²) < 4.78 is 0. The van der Waals surface area contributed by atoms with Crippen molar-refractivity contribution in [1.29, 1.82) is 0 Å². The Morgan fingerprint density at radius 1 is 0.909 bits per heavy atom. The molecule has 0 radical (unpaired) electrons. The van der Waals surface area contributed by atoms with Crippen LogP contribution >= 0.6 is 0 Å². The molecule has 2 unspecified atom stereocenters. The van der Waals surface area contributed by atoms with Gasteiger partial charge in [-0.2, -0.15) is 0 Å². The number of likely N-dealkylation sites (N-methyl/N-ethyl adjacent to an activating group) is 1. The Bertz CT molecular complexity index is 672. The van der Waals surface area contributed by atoms with E-state index < -0.39 is 0 Å². The monoisotopic (exact) mass is 292 g/mol. The predicted molar refractivity (Wildman–Crippen MR) is 94.1 cm³/mol. The van der Waals surface area contributed by atoms with Gasteiger partial charge in [-0.15, -0.1) is 0 Å². The molecule has 1 fully saturated rings. The summed E-state index contributed by atoms with van der Waals surface area (Å²) in [5.41, 5.74) is 2.79. The Morgan fingerprint density at radius 3 is 2.59 bits per heavy atom. The van der Waals surface area contributed by atoms with E-state index in [-0.39, 0.29) is 11.0 Å². The van der Waals surface area contributed by atoms with E-state index in [1.54, 1.807) is 0 Å². The SMILES string of the molecule is CN1CCC23C=CC=CC2(CC1)N(C)c1ccccc1C=C3. The van der Waals surface area contributed by atoms with Crippen LogP contribution in [0.25, 0.3) is 6.08 Å². The van der Waals surface area contributed by atoms with Gasteiger partial charge in [0.25, 0.3) is 0 Å². The van der Waals surface area contributed by atoms with Crippen LogP contribution in [0.2, 0.25) is 0 Å². The van der Waals surface area contributed by atoms with Crippen LogP contribution in [0.1, 0.15) is 18.4 Å². The molecule has 0 aromatic heterocycles. The van der Waals surface area contributed by atoms with Gasteiger partial charge in [-0.1, -0.05) is 54.7 Å². The zero-order chi connectivity index (χ0) is 15.2. The Hall–Kier alpha value is -1.80. The molecule has 2 atom stereocenters. The Morgan fingerprint density at radius 2 is 1.68 bits per heavy atom. The van der Waals surface area contributed by atoms with Crippen LogP contribution in [0, 0.1) is 5.41 Å². The van der Waals surface area contributed by atoms with Gasteiger partial charge >= 0.3 is 0 Å². The fourth-order valence-corrected chi connectivity index (χ4v) is 4.47. The van der Waals surface area contributed by atoms with Crippen molar-refractivity contribution in [2.24, 2.45) is 5.41 Å². The van der Waals surface area contributed by atoms with E-state index in [1.807, 2.05) is 0 Å². The maximum atomic E-state index is 2.53. The van der Waals surface area contributed by atoms with Gasteiger partial charge in [-0.3, -0.25) is 0 Å². The molecule has 2 aliphatic heterocycles. The first-order valence-corrected chi connectivity index (χ1v) is 8.25. The van der Waals surface area contributed by atoms with Crippen LogP contribution in [-0.2, 0) is 0 Å². The third-order valence-electron chi connectivity index (χ3n) is 5.92. The van der Waals surface area contributed by atoms with E-state index in [4.69, 9.17) is 0 Å². The minimum atomic E-state index is 0.0373. The maximum Gasteiger partial charge on any atom is 0.0722 e. The largest absolute Gasteiger partial charge is 0.364 e. The normalized spacial score (nSPS) is 33.6. The van der Waals surface area contributed by atoms with E-state index in [2.05, 4.69) is 84.6 Å². The first kappa shape index (κ1) is 13.8. The minimum absolute atomic E-state index is 0.0373. The quantitative estimate of drug-likeness (QED) is 0.719. The van der Waals surface area contributed by atoms with Crippen LogP contribution in [0.5, 0.6) is 0 Å². The Kier molecular flexibility index (Phi) is 3.05. The maximum absolute atomic E-state index is 2.53. The molecular formula is C20H24N2. The van der Waals surface area contributed by atoms with Crippen LogP contribution < -0.4 is 4.90 Å². The number of allylic oxidation sites excluding steroid dienone is 2. The molecule has 4 rings (SSSR count). The van der Waals surface area contributed by atoms with Gasteiger partial charge in [0, 0.05) is 24.7 Å². The second-order valence-electron chi connectivity index (χ2n) is 6.94. The van der Waals surface area contributed by atoms with Gasteiger partial charge in [-0.05, 0) is 38.1 Å². The summed E-state index contributed by atoms with van der Waals surface area (Å²) in [5, 5.41) is 0. The van der Waals surface area contributed by atoms with Gasteiger partial charge in [0.15, 0.2) is 0 Å². The van der Waals surface area contributed by atoms with Gasteiger partial charge in [-0.25, -0.2) is 0 Å². The van der Waals surface area contributed by atoms with Crippen molar-refractivity contribution in [3.63, 3.8) is 0 Å². The van der Waals surface area contributed by atoms with Crippen molar-refractivity contribution in [3.8, 4) is 0 Å². The van der Waals surface area contributed by atoms with Crippen molar-refractivity contribution in [3.05, 3.63) is 60.2 Å². The first-order chi connectivity index (χ1) is 10.7. The molecule has 3 aliphatic rings. The molecule has 1 aromatic rings. The third kappa shape index (κ3) is 1.77. The van der Waals surface area contributed by atoms with E-state index >= 15 is 0 Å². The molecule has 0 amide bonds. The summed E-state index contributed by atoms with van der Waals surface area (Å²) in [6.45, 7) is 2.29. The number of likely N-dealkylation sites (tertiary alicyclic amines) is 1. The predicted octanol–water partition coefficient (Wildman–Crippen LogP) is 3.73. The first-order valence-electron chi connectivity index (χ1n) is 8.25. The third-order valence-corrected chi connectivity index (χ3v) is 5.92. The van der Waals surface area contributed by atoms with E-state index in [0.29, 0.717) is 0 Å². The number of rotatable bonds is 0. The summed E-state index contributed by atoms with van der Waals surface area (Å²) in [6, 6.07) is 8.77.